The van der Waals surface area contributed by atoms with Crippen LogP contribution in [0, 0.1) is 6.92 Å². The van der Waals surface area contributed by atoms with Crippen LogP contribution in [0.3, 0.4) is 0 Å². The van der Waals surface area contributed by atoms with Crippen molar-refractivity contribution in [3.05, 3.63) is 11.1 Å². The third kappa shape index (κ3) is 3.53. The Morgan fingerprint density at radius 3 is 3.11 bits per heavy atom. The Balaban J connectivity index is 1.86. The molecule has 2 heterocycles. The molecule has 0 radical (unpaired) electrons. The molecular weight excluding hydrogens is 246 g/mol. The third-order valence-corrected chi connectivity index (χ3v) is 4.31. The van der Waals surface area contributed by atoms with E-state index in [1.165, 1.54) is 30.6 Å². The van der Waals surface area contributed by atoms with E-state index >= 15 is 0 Å². The van der Waals surface area contributed by atoms with E-state index in [0.717, 1.165) is 18.7 Å². The summed E-state index contributed by atoms with van der Waals surface area (Å²) in [6, 6.07) is 0.572. The first-order valence-corrected chi connectivity index (χ1v) is 7.53. The van der Waals surface area contributed by atoms with Crippen LogP contribution in [0.5, 0.6) is 0 Å². The summed E-state index contributed by atoms with van der Waals surface area (Å²) in [5, 5.41) is 5.54. The van der Waals surface area contributed by atoms with Crippen molar-refractivity contribution in [2.24, 2.45) is 0 Å². The first-order chi connectivity index (χ1) is 8.69. The highest BCUT2D eigenvalue weighted by Crippen LogP contribution is 2.19. The van der Waals surface area contributed by atoms with Gasteiger partial charge in [-0.05, 0) is 32.7 Å². The number of thiazole rings is 1. The normalized spacial score (nSPS) is 20.9. The van der Waals surface area contributed by atoms with Gasteiger partial charge in [0.2, 0.25) is 5.91 Å². The third-order valence-electron chi connectivity index (χ3n) is 3.43. The van der Waals surface area contributed by atoms with Gasteiger partial charge < -0.3 is 5.32 Å². The van der Waals surface area contributed by atoms with E-state index in [2.05, 4.69) is 22.1 Å². The highest BCUT2D eigenvalue weighted by Gasteiger charge is 2.22. The molecule has 1 N–H and O–H groups in total. The molecule has 2 rings (SSSR count). The molecule has 100 valence electrons. The highest BCUT2D eigenvalue weighted by molar-refractivity contribution is 7.13. The van der Waals surface area contributed by atoms with Crippen molar-refractivity contribution in [1.29, 1.82) is 0 Å². The largest absolute Gasteiger partial charge is 0.301 e. The number of amides is 1. The Morgan fingerprint density at radius 2 is 2.44 bits per heavy atom. The number of carbonyl (C=O) groups excluding carboxylic acids is 1. The van der Waals surface area contributed by atoms with Crippen LogP contribution >= 0.6 is 11.3 Å². The molecule has 4 nitrogen and oxygen atoms in total. The van der Waals surface area contributed by atoms with Crippen molar-refractivity contribution >= 4 is 22.4 Å². The van der Waals surface area contributed by atoms with Gasteiger partial charge in [-0.3, -0.25) is 9.69 Å². The molecule has 1 aliphatic heterocycles. The predicted octanol–water partition coefficient (Wildman–Crippen LogP) is 2.65. The minimum Gasteiger partial charge on any atom is -0.301 e. The van der Waals surface area contributed by atoms with Crippen molar-refractivity contribution in [3.63, 3.8) is 0 Å². The number of piperidine rings is 1. The summed E-state index contributed by atoms with van der Waals surface area (Å²) < 4.78 is 0. The van der Waals surface area contributed by atoms with Crippen molar-refractivity contribution in [2.75, 3.05) is 18.4 Å². The van der Waals surface area contributed by atoms with E-state index in [1.54, 1.807) is 0 Å². The zero-order valence-corrected chi connectivity index (χ0v) is 11.9. The van der Waals surface area contributed by atoms with Gasteiger partial charge >= 0.3 is 0 Å². The summed E-state index contributed by atoms with van der Waals surface area (Å²) in [4.78, 5) is 18.5. The SMILES string of the molecule is CCC1CCCCN1CC(=O)Nc1nc(C)cs1. The van der Waals surface area contributed by atoms with Crippen molar-refractivity contribution < 1.29 is 4.79 Å². The van der Waals surface area contributed by atoms with Gasteiger partial charge in [-0.15, -0.1) is 11.3 Å². The standard InChI is InChI=1S/C13H21N3OS/c1-3-11-6-4-5-7-16(11)8-12(17)15-13-14-10(2)9-18-13/h9,11H,3-8H2,1-2H3,(H,14,15,17). The van der Waals surface area contributed by atoms with Crippen LogP contribution in [0.2, 0.25) is 0 Å². The molecule has 1 aromatic heterocycles. The highest BCUT2D eigenvalue weighted by atomic mass is 32.1. The summed E-state index contributed by atoms with van der Waals surface area (Å²) in [5.41, 5.74) is 0.958. The minimum absolute atomic E-state index is 0.0599. The average molecular weight is 267 g/mol. The number of anilines is 1. The second-order valence-corrected chi connectivity index (χ2v) is 5.73. The molecule has 1 amide bonds. The quantitative estimate of drug-likeness (QED) is 0.912. The molecule has 0 aliphatic carbocycles. The lowest BCUT2D eigenvalue weighted by atomic mass is 10.0. The molecule has 0 spiro atoms. The fraction of sp³-hybridized carbons (Fsp3) is 0.692. The first kappa shape index (κ1) is 13.5. The van der Waals surface area contributed by atoms with Crippen molar-refractivity contribution in [2.45, 2.75) is 45.6 Å². The van der Waals surface area contributed by atoms with Gasteiger partial charge in [0.15, 0.2) is 5.13 Å². The lowest BCUT2D eigenvalue weighted by molar-refractivity contribution is -0.118. The number of hydrogen-bond donors (Lipinski definition) is 1. The Morgan fingerprint density at radius 1 is 1.61 bits per heavy atom. The van der Waals surface area contributed by atoms with Crippen molar-refractivity contribution in [1.82, 2.24) is 9.88 Å². The van der Waals surface area contributed by atoms with Crippen LogP contribution in [0.4, 0.5) is 5.13 Å². The molecule has 0 bridgehead atoms. The van der Waals surface area contributed by atoms with E-state index in [1.807, 2.05) is 12.3 Å². The van der Waals surface area contributed by atoms with Gasteiger partial charge in [0.25, 0.3) is 0 Å². The molecule has 0 saturated carbocycles. The average Bonchev–Trinajstić information content (AvgIpc) is 2.75. The Labute approximate surface area is 112 Å². The molecule has 1 aromatic rings. The lowest BCUT2D eigenvalue weighted by Crippen LogP contribution is -2.43. The maximum atomic E-state index is 12.0. The van der Waals surface area contributed by atoms with Crippen LogP contribution in [0.1, 0.15) is 38.3 Å². The molecule has 1 aliphatic rings. The summed E-state index contributed by atoms with van der Waals surface area (Å²) in [5.74, 6) is 0.0599. The van der Waals surface area contributed by atoms with Crippen LogP contribution in [0.25, 0.3) is 0 Å². The molecule has 18 heavy (non-hydrogen) atoms. The lowest BCUT2D eigenvalue weighted by Gasteiger charge is -2.34. The second kappa shape index (κ2) is 6.29. The van der Waals surface area contributed by atoms with Crippen LogP contribution in [-0.4, -0.2) is 34.9 Å². The van der Waals surface area contributed by atoms with Gasteiger partial charge in [-0.2, -0.15) is 0 Å². The number of aryl methyl sites for hydroxylation is 1. The number of hydrogen-bond acceptors (Lipinski definition) is 4. The number of rotatable bonds is 4. The van der Waals surface area contributed by atoms with Gasteiger partial charge in [0.05, 0.1) is 12.2 Å². The maximum absolute atomic E-state index is 12.0. The van der Waals surface area contributed by atoms with Crippen LogP contribution in [0.15, 0.2) is 5.38 Å². The summed E-state index contributed by atoms with van der Waals surface area (Å²) >= 11 is 1.48. The number of likely N-dealkylation sites (tertiary alicyclic amines) is 1. The molecule has 0 aromatic carbocycles. The van der Waals surface area contributed by atoms with E-state index in [4.69, 9.17) is 0 Å². The maximum Gasteiger partial charge on any atom is 0.240 e. The molecule has 1 saturated heterocycles. The molecule has 1 unspecified atom stereocenters. The second-order valence-electron chi connectivity index (χ2n) is 4.87. The van der Waals surface area contributed by atoms with Crippen LogP contribution < -0.4 is 5.32 Å². The fourth-order valence-corrected chi connectivity index (χ4v) is 3.19. The molecule has 1 fully saturated rings. The Hall–Kier alpha value is -0.940. The van der Waals surface area contributed by atoms with Gasteiger partial charge in [-0.1, -0.05) is 13.3 Å². The van der Waals surface area contributed by atoms with Crippen molar-refractivity contribution in [3.8, 4) is 0 Å². The summed E-state index contributed by atoms with van der Waals surface area (Å²) in [6.45, 7) is 5.68. The first-order valence-electron chi connectivity index (χ1n) is 6.65. The van der Waals surface area contributed by atoms with Gasteiger partial charge in [0, 0.05) is 11.4 Å². The minimum atomic E-state index is 0.0599. The van der Waals surface area contributed by atoms with Gasteiger partial charge in [-0.25, -0.2) is 4.98 Å². The topological polar surface area (TPSA) is 45.2 Å². The Bertz CT molecular complexity index is 405. The number of aromatic nitrogens is 1. The summed E-state index contributed by atoms with van der Waals surface area (Å²) in [7, 11) is 0. The number of nitrogens with one attached hydrogen (secondary N) is 1. The van der Waals surface area contributed by atoms with Crippen LogP contribution in [-0.2, 0) is 4.79 Å². The monoisotopic (exact) mass is 267 g/mol. The van der Waals surface area contributed by atoms with E-state index in [-0.39, 0.29) is 5.91 Å². The predicted molar refractivity (Wildman–Crippen MR) is 75.0 cm³/mol. The zero-order valence-electron chi connectivity index (χ0n) is 11.1. The van der Waals surface area contributed by atoms with E-state index in [0.29, 0.717) is 17.7 Å². The molecule has 1 atom stereocenters. The number of nitrogens with zero attached hydrogens (tertiary/aromatic N) is 2. The number of carbonyl (C=O) groups is 1. The Kier molecular flexibility index (Phi) is 4.72. The molecular formula is C13H21N3OS. The van der Waals surface area contributed by atoms with E-state index in [9.17, 15) is 4.79 Å². The molecule has 5 heteroatoms. The summed E-state index contributed by atoms with van der Waals surface area (Å²) in [6.07, 6.45) is 4.85. The smallest absolute Gasteiger partial charge is 0.240 e. The zero-order chi connectivity index (χ0) is 13.0. The fourth-order valence-electron chi connectivity index (χ4n) is 2.49. The van der Waals surface area contributed by atoms with E-state index < -0.39 is 0 Å². The van der Waals surface area contributed by atoms with Gasteiger partial charge in [0.1, 0.15) is 0 Å².